The van der Waals surface area contributed by atoms with Crippen LogP contribution in [0.4, 0.5) is 13.2 Å². The molecule has 0 heterocycles. The summed E-state index contributed by atoms with van der Waals surface area (Å²) in [5, 5.41) is 2.61. The van der Waals surface area contributed by atoms with Gasteiger partial charge in [-0.15, -0.1) is 0 Å². The molecule has 1 amide bonds. The number of halogens is 3. The van der Waals surface area contributed by atoms with Crippen molar-refractivity contribution < 1.29 is 26.4 Å². The van der Waals surface area contributed by atoms with Gasteiger partial charge < -0.3 is 5.32 Å². The SMILES string of the molecule is O=C(NCCc1ccc(F)cc1)c1ccc(S(=O)(=O)C(F)F)cc1. The quantitative estimate of drug-likeness (QED) is 0.865. The van der Waals surface area contributed by atoms with Crippen molar-refractivity contribution >= 4 is 15.7 Å². The first-order valence-electron chi connectivity index (χ1n) is 6.95. The number of hydrogen-bond acceptors (Lipinski definition) is 3. The molecule has 0 aliphatic heterocycles. The van der Waals surface area contributed by atoms with Crippen molar-refractivity contribution in [1.82, 2.24) is 5.32 Å². The van der Waals surface area contributed by atoms with Gasteiger partial charge in [0.2, 0.25) is 9.84 Å². The van der Waals surface area contributed by atoms with E-state index in [9.17, 15) is 26.4 Å². The standard InChI is InChI=1S/C16H14F3NO3S/c17-13-5-1-11(2-6-13)9-10-20-15(21)12-3-7-14(8-4-12)24(22,23)16(18)19/h1-8,16H,9-10H2,(H,20,21). The maximum absolute atomic E-state index is 12.8. The van der Waals surface area contributed by atoms with Gasteiger partial charge in [-0.2, -0.15) is 8.78 Å². The van der Waals surface area contributed by atoms with Gasteiger partial charge in [-0.05, 0) is 48.4 Å². The molecule has 1 N–H and O–H groups in total. The number of rotatable bonds is 6. The largest absolute Gasteiger partial charge is 0.352 e. The van der Waals surface area contributed by atoms with E-state index in [1.54, 1.807) is 12.1 Å². The summed E-state index contributed by atoms with van der Waals surface area (Å²) in [5.41, 5.74) is 0.998. The second kappa shape index (κ2) is 7.48. The summed E-state index contributed by atoms with van der Waals surface area (Å²) >= 11 is 0. The topological polar surface area (TPSA) is 63.2 Å². The summed E-state index contributed by atoms with van der Waals surface area (Å²) in [4.78, 5) is 11.4. The molecule has 2 rings (SSSR count). The number of benzene rings is 2. The van der Waals surface area contributed by atoms with Crippen LogP contribution in [-0.2, 0) is 16.3 Å². The fourth-order valence-corrected chi connectivity index (χ4v) is 2.69. The van der Waals surface area contributed by atoms with E-state index in [0.29, 0.717) is 13.0 Å². The highest BCUT2D eigenvalue weighted by Crippen LogP contribution is 2.18. The Morgan fingerprint density at radius 3 is 2.12 bits per heavy atom. The van der Waals surface area contributed by atoms with Crippen molar-refractivity contribution in [2.24, 2.45) is 0 Å². The number of carbonyl (C=O) groups is 1. The van der Waals surface area contributed by atoms with E-state index in [-0.39, 0.29) is 11.4 Å². The lowest BCUT2D eigenvalue weighted by Gasteiger charge is -2.07. The van der Waals surface area contributed by atoms with Gasteiger partial charge in [0.1, 0.15) is 5.82 Å². The van der Waals surface area contributed by atoms with Crippen molar-refractivity contribution in [2.75, 3.05) is 6.54 Å². The van der Waals surface area contributed by atoms with Crippen molar-refractivity contribution in [3.8, 4) is 0 Å². The molecule has 24 heavy (non-hydrogen) atoms. The monoisotopic (exact) mass is 357 g/mol. The fraction of sp³-hybridized carbons (Fsp3) is 0.188. The van der Waals surface area contributed by atoms with Crippen LogP contribution in [0.2, 0.25) is 0 Å². The maximum atomic E-state index is 12.8. The molecule has 0 spiro atoms. The van der Waals surface area contributed by atoms with Crippen LogP contribution in [0.15, 0.2) is 53.4 Å². The molecule has 0 atom stereocenters. The van der Waals surface area contributed by atoms with Crippen LogP contribution < -0.4 is 5.32 Å². The third-order valence-corrected chi connectivity index (χ3v) is 4.69. The summed E-state index contributed by atoms with van der Waals surface area (Å²) < 4.78 is 60.2. The third-order valence-electron chi connectivity index (χ3n) is 3.29. The molecule has 0 aliphatic rings. The van der Waals surface area contributed by atoms with Gasteiger partial charge in [-0.1, -0.05) is 12.1 Å². The molecule has 0 saturated carbocycles. The number of amides is 1. The molecule has 2 aromatic carbocycles. The Bertz CT molecular complexity index is 803. The summed E-state index contributed by atoms with van der Waals surface area (Å²) in [6.45, 7) is 0.293. The number of hydrogen-bond donors (Lipinski definition) is 1. The van der Waals surface area contributed by atoms with Crippen LogP contribution in [0.1, 0.15) is 15.9 Å². The average Bonchev–Trinajstić information content (AvgIpc) is 2.56. The first kappa shape index (κ1) is 18.0. The van der Waals surface area contributed by atoms with Crippen LogP contribution >= 0.6 is 0 Å². The zero-order valence-corrected chi connectivity index (χ0v) is 13.2. The van der Waals surface area contributed by atoms with Crippen LogP contribution in [0.3, 0.4) is 0 Å². The van der Waals surface area contributed by atoms with Gasteiger partial charge in [0.15, 0.2) is 0 Å². The zero-order valence-electron chi connectivity index (χ0n) is 12.4. The van der Waals surface area contributed by atoms with E-state index in [0.717, 1.165) is 17.7 Å². The first-order chi connectivity index (χ1) is 11.3. The second-order valence-corrected chi connectivity index (χ2v) is 6.88. The molecule has 4 nitrogen and oxygen atoms in total. The lowest BCUT2D eigenvalue weighted by Crippen LogP contribution is -2.25. The van der Waals surface area contributed by atoms with E-state index < -0.39 is 26.4 Å². The molecule has 0 bridgehead atoms. The van der Waals surface area contributed by atoms with E-state index in [4.69, 9.17) is 0 Å². The lowest BCUT2D eigenvalue weighted by atomic mass is 10.1. The van der Waals surface area contributed by atoms with Gasteiger partial charge in [-0.3, -0.25) is 4.79 Å². The minimum atomic E-state index is -4.67. The molecule has 0 aliphatic carbocycles. The van der Waals surface area contributed by atoms with Gasteiger partial charge >= 0.3 is 5.76 Å². The molecule has 0 aromatic heterocycles. The minimum absolute atomic E-state index is 0.155. The maximum Gasteiger partial charge on any atom is 0.341 e. The van der Waals surface area contributed by atoms with E-state index in [2.05, 4.69) is 5.32 Å². The van der Waals surface area contributed by atoms with E-state index in [1.807, 2.05) is 0 Å². The molecular weight excluding hydrogens is 343 g/mol. The minimum Gasteiger partial charge on any atom is -0.352 e. The number of carbonyl (C=O) groups excluding carboxylic acids is 1. The van der Waals surface area contributed by atoms with Crippen molar-refractivity contribution in [2.45, 2.75) is 17.1 Å². The Morgan fingerprint density at radius 2 is 1.58 bits per heavy atom. The Balaban J connectivity index is 1.94. The average molecular weight is 357 g/mol. The summed E-state index contributed by atoms with van der Waals surface area (Å²) in [7, 11) is -4.67. The lowest BCUT2D eigenvalue weighted by molar-refractivity contribution is 0.0954. The molecule has 8 heteroatoms. The Hall–Kier alpha value is -2.35. The van der Waals surface area contributed by atoms with Gasteiger partial charge in [-0.25, -0.2) is 12.8 Å². The van der Waals surface area contributed by atoms with E-state index in [1.165, 1.54) is 24.3 Å². The number of alkyl halides is 2. The number of nitrogens with one attached hydrogen (secondary N) is 1. The van der Waals surface area contributed by atoms with Crippen LogP contribution in [0.5, 0.6) is 0 Å². The normalized spacial score (nSPS) is 11.5. The highest BCUT2D eigenvalue weighted by molar-refractivity contribution is 7.91. The smallest absolute Gasteiger partial charge is 0.341 e. The van der Waals surface area contributed by atoms with Gasteiger partial charge in [0.05, 0.1) is 4.90 Å². The van der Waals surface area contributed by atoms with Crippen molar-refractivity contribution in [3.05, 3.63) is 65.5 Å². The third kappa shape index (κ3) is 4.35. The predicted molar refractivity (Wildman–Crippen MR) is 82.1 cm³/mol. The molecular formula is C16H14F3NO3S. The Morgan fingerprint density at radius 1 is 1.00 bits per heavy atom. The second-order valence-electron chi connectivity index (χ2n) is 4.96. The fourth-order valence-electron chi connectivity index (χ4n) is 1.97. The number of sulfone groups is 1. The molecule has 0 fully saturated rings. The molecule has 2 aromatic rings. The van der Waals surface area contributed by atoms with Gasteiger partial charge in [0, 0.05) is 12.1 Å². The van der Waals surface area contributed by atoms with Gasteiger partial charge in [0.25, 0.3) is 5.91 Å². The molecule has 0 radical (unpaired) electrons. The molecule has 128 valence electrons. The van der Waals surface area contributed by atoms with E-state index >= 15 is 0 Å². The van der Waals surface area contributed by atoms with Crippen molar-refractivity contribution in [1.29, 1.82) is 0 Å². The van der Waals surface area contributed by atoms with Crippen LogP contribution in [0.25, 0.3) is 0 Å². The summed E-state index contributed by atoms with van der Waals surface area (Å²) in [6, 6.07) is 10.1. The highest BCUT2D eigenvalue weighted by Gasteiger charge is 2.26. The molecule has 0 unspecified atom stereocenters. The Labute approximate surface area is 137 Å². The highest BCUT2D eigenvalue weighted by atomic mass is 32.2. The zero-order chi connectivity index (χ0) is 17.7. The van der Waals surface area contributed by atoms with Crippen LogP contribution in [-0.4, -0.2) is 26.6 Å². The Kier molecular flexibility index (Phi) is 5.61. The van der Waals surface area contributed by atoms with Crippen molar-refractivity contribution in [3.63, 3.8) is 0 Å². The molecule has 0 saturated heterocycles. The summed E-state index contributed by atoms with van der Waals surface area (Å²) in [6.07, 6.45) is 0.490. The summed E-state index contributed by atoms with van der Waals surface area (Å²) in [5.74, 6) is -4.31. The van der Waals surface area contributed by atoms with Crippen LogP contribution in [0, 0.1) is 5.82 Å². The predicted octanol–water partition coefficient (Wildman–Crippen LogP) is 2.79. The first-order valence-corrected chi connectivity index (χ1v) is 8.50.